The van der Waals surface area contributed by atoms with Crippen LogP contribution in [0.2, 0.25) is 0 Å². The second-order valence-electron chi connectivity index (χ2n) is 7.41. The second kappa shape index (κ2) is 10.7. The largest absolute Gasteiger partial charge is 0.490 e. The third kappa shape index (κ3) is 6.94. The minimum Gasteiger partial charge on any atom is -0.475 e. The number of amides is 1. The minimum absolute atomic E-state index is 0.0242. The molecule has 10 heteroatoms. The minimum atomic E-state index is -5.08. The van der Waals surface area contributed by atoms with E-state index >= 15 is 0 Å². The lowest BCUT2D eigenvalue weighted by Gasteiger charge is -2.42. The standard InChI is InChI=1S/C18H26N2O3.C2HF3O2/c1-15(21)20-9-6-18(7-10-20)17(5-12-23-18)4-11-22-14-16-3-2-8-19-13-16;3-2(4,5)1(6)7/h2-3,8,13,17H,4-7,9-12,14H2,1H3;(H,6,7). The lowest BCUT2D eigenvalue weighted by molar-refractivity contribution is -0.192. The molecule has 1 aromatic rings. The number of aliphatic carboxylic acids is 1. The summed E-state index contributed by atoms with van der Waals surface area (Å²) in [6.45, 7) is 5.50. The van der Waals surface area contributed by atoms with E-state index in [9.17, 15) is 18.0 Å². The molecule has 0 bridgehead atoms. The number of carbonyl (C=O) groups excluding carboxylic acids is 1. The van der Waals surface area contributed by atoms with Gasteiger partial charge < -0.3 is 19.5 Å². The number of carbonyl (C=O) groups is 2. The highest BCUT2D eigenvalue weighted by molar-refractivity contribution is 5.73. The first-order chi connectivity index (χ1) is 14.1. The van der Waals surface area contributed by atoms with Crippen molar-refractivity contribution >= 4 is 11.9 Å². The number of pyridine rings is 1. The summed E-state index contributed by atoms with van der Waals surface area (Å²) in [6.07, 6.45) is 2.59. The van der Waals surface area contributed by atoms with E-state index in [4.69, 9.17) is 19.4 Å². The first kappa shape index (κ1) is 24.1. The zero-order valence-electron chi connectivity index (χ0n) is 16.9. The van der Waals surface area contributed by atoms with Crippen molar-refractivity contribution in [1.29, 1.82) is 0 Å². The lowest BCUT2D eigenvalue weighted by Crippen LogP contribution is -2.49. The molecule has 2 saturated heterocycles. The van der Waals surface area contributed by atoms with Crippen molar-refractivity contribution in [1.82, 2.24) is 9.88 Å². The number of alkyl halides is 3. The van der Waals surface area contributed by atoms with Crippen molar-refractivity contribution in [3.63, 3.8) is 0 Å². The third-order valence-electron chi connectivity index (χ3n) is 5.50. The van der Waals surface area contributed by atoms with E-state index in [0.717, 1.165) is 57.6 Å². The summed E-state index contributed by atoms with van der Waals surface area (Å²) in [5.41, 5.74) is 1.09. The number of halogens is 3. The van der Waals surface area contributed by atoms with Crippen LogP contribution in [-0.2, 0) is 25.7 Å². The number of carboxylic acid groups (broad SMARTS) is 1. The van der Waals surface area contributed by atoms with Crippen molar-refractivity contribution in [2.45, 2.75) is 51.0 Å². The third-order valence-corrected chi connectivity index (χ3v) is 5.50. The van der Waals surface area contributed by atoms with Crippen molar-refractivity contribution in [2.75, 3.05) is 26.3 Å². The summed E-state index contributed by atoms with van der Waals surface area (Å²) in [5.74, 6) is -2.03. The number of ether oxygens (including phenoxy) is 2. The molecule has 0 aliphatic carbocycles. The van der Waals surface area contributed by atoms with Gasteiger partial charge in [-0.1, -0.05) is 6.07 Å². The maximum atomic E-state index is 11.5. The van der Waals surface area contributed by atoms with Crippen LogP contribution in [0.4, 0.5) is 13.2 Å². The molecule has 0 radical (unpaired) electrons. The Morgan fingerprint density at radius 3 is 2.57 bits per heavy atom. The Labute approximate surface area is 173 Å². The quantitative estimate of drug-likeness (QED) is 0.720. The van der Waals surface area contributed by atoms with Crippen LogP contribution in [-0.4, -0.2) is 64.9 Å². The Hall–Kier alpha value is -2.20. The molecule has 1 spiro atoms. The Morgan fingerprint density at radius 2 is 2.03 bits per heavy atom. The highest BCUT2D eigenvalue weighted by Gasteiger charge is 2.46. The van der Waals surface area contributed by atoms with Crippen molar-refractivity contribution < 1.29 is 37.3 Å². The van der Waals surface area contributed by atoms with Crippen LogP contribution in [0.15, 0.2) is 24.5 Å². The molecule has 0 saturated carbocycles. The molecule has 1 unspecified atom stereocenters. The van der Waals surface area contributed by atoms with Gasteiger partial charge in [0.1, 0.15) is 0 Å². The van der Waals surface area contributed by atoms with Crippen molar-refractivity contribution in [3.8, 4) is 0 Å². The van der Waals surface area contributed by atoms with Crippen LogP contribution in [0.3, 0.4) is 0 Å². The Balaban J connectivity index is 0.000000396. The smallest absolute Gasteiger partial charge is 0.475 e. The van der Waals surface area contributed by atoms with Gasteiger partial charge in [0.25, 0.3) is 0 Å². The number of likely N-dealkylation sites (tertiary alicyclic amines) is 1. The zero-order valence-corrected chi connectivity index (χ0v) is 16.9. The maximum Gasteiger partial charge on any atom is 0.490 e. The molecule has 1 N–H and O–H groups in total. The van der Waals surface area contributed by atoms with Gasteiger partial charge in [-0.25, -0.2) is 4.79 Å². The average molecular weight is 432 g/mol. The molecule has 7 nitrogen and oxygen atoms in total. The number of rotatable bonds is 5. The summed E-state index contributed by atoms with van der Waals surface area (Å²) in [4.78, 5) is 26.4. The molecule has 0 aromatic carbocycles. The fourth-order valence-electron chi connectivity index (χ4n) is 3.84. The van der Waals surface area contributed by atoms with Gasteiger partial charge in [0.2, 0.25) is 5.91 Å². The summed E-state index contributed by atoms with van der Waals surface area (Å²) in [5, 5.41) is 7.12. The van der Waals surface area contributed by atoms with Crippen LogP contribution >= 0.6 is 0 Å². The number of piperidine rings is 1. The normalized spacial score (nSPS) is 20.5. The van der Waals surface area contributed by atoms with Crippen LogP contribution in [0.25, 0.3) is 0 Å². The van der Waals surface area contributed by atoms with Gasteiger partial charge >= 0.3 is 12.1 Å². The topological polar surface area (TPSA) is 89.0 Å². The summed E-state index contributed by atoms with van der Waals surface area (Å²) in [7, 11) is 0. The van der Waals surface area contributed by atoms with Crippen LogP contribution < -0.4 is 0 Å². The van der Waals surface area contributed by atoms with E-state index in [2.05, 4.69) is 4.98 Å². The van der Waals surface area contributed by atoms with Crippen molar-refractivity contribution in [3.05, 3.63) is 30.1 Å². The first-order valence-electron chi connectivity index (χ1n) is 9.80. The van der Waals surface area contributed by atoms with Crippen LogP contribution in [0.5, 0.6) is 0 Å². The van der Waals surface area contributed by atoms with Gasteiger partial charge in [-0.2, -0.15) is 13.2 Å². The Kier molecular flexibility index (Phi) is 8.60. The number of aromatic nitrogens is 1. The van der Waals surface area contributed by atoms with Crippen molar-refractivity contribution in [2.24, 2.45) is 5.92 Å². The van der Waals surface area contributed by atoms with Gasteiger partial charge in [0.05, 0.1) is 12.2 Å². The predicted molar refractivity (Wildman–Crippen MR) is 100 cm³/mol. The fraction of sp³-hybridized carbons (Fsp3) is 0.650. The van der Waals surface area contributed by atoms with E-state index in [1.165, 1.54) is 0 Å². The van der Waals surface area contributed by atoms with E-state index in [1.54, 1.807) is 13.1 Å². The number of carboxylic acids is 1. The highest BCUT2D eigenvalue weighted by atomic mass is 19.4. The molecule has 2 aliphatic rings. The Morgan fingerprint density at radius 1 is 1.37 bits per heavy atom. The second-order valence-corrected chi connectivity index (χ2v) is 7.41. The van der Waals surface area contributed by atoms with Gasteiger partial charge in [-0.15, -0.1) is 0 Å². The monoisotopic (exact) mass is 432 g/mol. The molecule has 168 valence electrons. The van der Waals surface area contributed by atoms with Gasteiger partial charge in [-0.05, 0) is 43.2 Å². The van der Waals surface area contributed by atoms with Gasteiger partial charge in [0, 0.05) is 45.6 Å². The van der Waals surface area contributed by atoms with Crippen LogP contribution in [0.1, 0.15) is 38.2 Å². The molecule has 1 atom stereocenters. The maximum absolute atomic E-state index is 11.5. The summed E-state index contributed by atoms with van der Waals surface area (Å²) in [6, 6.07) is 3.96. The molecule has 3 rings (SSSR count). The lowest BCUT2D eigenvalue weighted by atomic mass is 9.78. The van der Waals surface area contributed by atoms with E-state index < -0.39 is 12.1 Å². The summed E-state index contributed by atoms with van der Waals surface area (Å²) < 4.78 is 43.7. The van der Waals surface area contributed by atoms with Gasteiger partial charge in [-0.3, -0.25) is 9.78 Å². The first-order valence-corrected chi connectivity index (χ1v) is 9.80. The molecule has 1 amide bonds. The number of hydrogen-bond donors (Lipinski definition) is 1. The Bertz CT molecular complexity index is 691. The van der Waals surface area contributed by atoms with Crippen LogP contribution in [0, 0.1) is 5.92 Å². The van der Waals surface area contributed by atoms with E-state index in [0.29, 0.717) is 12.5 Å². The molecule has 30 heavy (non-hydrogen) atoms. The van der Waals surface area contributed by atoms with E-state index in [-0.39, 0.29) is 11.5 Å². The molecular weight excluding hydrogens is 405 g/mol. The molecule has 2 fully saturated rings. The number of nitrogens with zero attached hydrogens (tertiary/aromatic N) is 2. The van der Waals surface area contributed by atoms with Gasteiger partial charge in [0.15, 0.2) is 0 Å². The molecule has 3 heterocycles. The highest BCUT2D eigenvalue weighted by Crippen LogP contribution is 2.42. The van der Waals surface area contributed by atoms with E-state index in [1.807, 2.05) is 23.2 Å². The molecule has 1 aromatic heterocycles. The fourth-order valence-corrected chi connectivity index (χ4v) is 3.84. The summed E-state index contributed by atoms with van der Waals surface area (Å²) >= 11 is 0. The molecule has 2 aliphatic heterocycles. The zero-order chi connectivity index (χ0) is 22.2. The predicted octanol–water partition coefficient (Wildman–Crippen LogP) is 3.04. The molecular formula is C20H27F3N2O5. The number of hydrogen-bond acceptors (Lipinski definition) is 5. The SMILES string of the molecule is CC(=O)N1CCC2(CC1)OCCC2CCOCc1cccnc1.O=C(O)C(F)(F)F. The average Bonchev–Trinajstić information content (AvgIpc) is 3.08.